The van der Waals surface area contributed by atoms with Crippen molar-refractivity contribution in [3.05, 3.63) is 23.8 Å². The van der Waals surface area contributed by atoms with Crippen LogP contribution < -0.4 is 15.2 Å². The molecule has 1 aromatic rings. The molecular formula is C11H17NO2. The molecule has 1 rings (SSSR count). The van der Waals surface area contributed by atoms with E-state index in [0.29, 0.717) is 13.2 Å². The van der Waals surface area contributed by atoms with E-state index in [9.17, 15) is 0 Å². The summed E-state index contributed by atoms with van der Waals surface area (Å²) in [5.74, 6) is 1.73. The molecule has 0 amide bonds. The summed E-state index contributed by atoms with van der Waals surface area (Å²) in [4.78, 5) is 0. The zero-order valence-electron chi connectivity index (χ0n) is 8.75. The van der Waals surface area contributed by atoms with Gasteiger partial charge in [0.15, 0.2) is 0 Å². The van der Waals surface area contributed by atoms with Crippen molar-refractivity contribution in [2.75, 3.05) is 20.3 Å². The largest absolute Gasteiger partial charge is 0.496 e. The summed E-state index contributed by atoms with van der Waals surface area (Å²) in [7, 11) is 1.66. The van der Waals surface area contributed by atoms with Crippen molar-refractivity contribution in [2.24, 2.45) is 5.73 Å². The van der Waals surface area contributed by atoms with Gasteiger partial charge in [0.2, 0.25) is 0 Å². The normalized spacial score (nSPS) is 9.93. The molecule has 3 heteroatoms. The Balaban J connectivity index is 2.66. The van der Waals surface area contributed by atoms with E-state index >= 15 is 0 Å². The highest BCUT2D eigenvalue weighted by Crippen LogP contribution is 2.26. The maximum absolute atomic E-state index is 5.56. The molecule has 0 aromatic heterocycles. The Hall–Kier alpha value is -1.22. The summed E-state index contributed by atoms with van der Waals surface area (Å²) >= 11 is 0. The van der Waals surface area contributed by atoms with Crippen LogP contribution in [0.5, 0.6) is 11.5 Å². The molecule has 0 atom stereocenters. The molecule has 0 aliphatic rings. The van der Waals surface area contributed by atoms with E-state index in [-0.39, 0.29) is 0 Å². The molecular weight excluding hydrogens is 178 g/mol. The number of rotatable bonds is 5. The predicted molar refractivity (Wildman–Crippen MR) is 56.9 cm³/mol. The van der Waals surface area contributed by atoms with Gasteiger partial charge in [-0.05, 0) is 32.0 Å². The lowest BCUT2D eigenvalue weighted by atomic mass is 10.2. The quantitative estimate of drug-likeness (QED) is 0.728. The topological polar surface area (TPSA) is 44.5 Å². The smallest absolute Gasteiger partial charge is 0.125 e. The van der Waals surface area contributed by atoms with Crippen molar-refractivity contribution in [1.29, 1.82) is 0 Å². The molecule has 0 spiro atoms. The predicted octanol–water partition coefficient (Wildman–Crippen LogP) is 1.73. The minimum absolute atomic E-state index is 0.656. The molecule has 14 heavy (non-hydrogen) atoms. The number of hydrogen-bond acceptors (Lipinski definition) is 3. The van der Waals surface area contributed by atoms with E-state index in [1.54, 1.807) is 7.11 Å². The number of benzene rings is 1. The fourth-order valence-corrected chi connectivity index (χ4v) is 1.24. The lowest BCUT2D eigenvalue weighted by Crippen LogP contribution is -2.06. The van der Waals surface area contributed by atoms with E-state index in [0.717, 1.165) is 23.5 Å². The van der Waals surface area contributed by atoms with Crippen molar-refractivity contribution in [3.63, 3.8) is 0 Å². The Kier molecular flexibility index (Phi) is 4.26. The van der Waals surface area contributed by atoms with E-state index < -0.39 is 0 Å². The van der Waals surface area contributed by atoms with Crippen LogP contribution in [0, 0.1) is 6.92 Å². The Bertz CT molecular complexity index is 287. The zero-order valence-corrected chi connectivity index (χ0v) is 8.75. The van der Waals surface area contributed by atoms with Crippen LogP contribution >= 0.6 is 0 Å². The monoisotopic (exact) mass is 195 g/mol. The molecule has 3 nitrogen and oxygen atoms in total. The maximum Gasteiger partial charge on any atom is 0.125 e. The lowest BCUT2D eigenvalue weighted by molar-refractivity contribution is 0.308. The van der Waals surface area contributed by atoms with E-state index in [4.69, 9.17) is 15.2 Å². The summed E-state index contributed by atoms with van der Waals surface area (Å²) in [5.41, 5.74) is 6.42. The Labute approximate surface area is 84.8 Å². The minimum atomic E-state index is 0.656. The Morgan fingerprint density at radius 1 is 1.29 bits per heavy atom. The van der Waals surface area contributed by atoms with Crippen LogP contribution in [0.15, 0.2) is 18.2 Å². The third kappa shape index (κ3) is 2.64. The third-order valence-corrected chi connectivity index (χ3v) is 2.06. The average molecular weight is 195 g/mol. The van der Waals surface area contributed by atoms with Gasteiger partial charge in [0, 0.05) is 5.56 Å². The van der Waals surface area contributed by atoms with Crippen LogP contribution in [0.25, 0.3) is 0 Å². The summed E-state index contributed by atoms with van der Waals surface area (Å²) in [6.45, 7) is 3.30. The fraction of sp³-hybridized carbons (Fsp3) is 0.455. The molecule has 0 bridgehead atoms. The lowest BCUT2D eigenvalue weighted by Gasteiger charge is -2.11. The number of nitrogens with two attached hydrogens (primary N) is 1. The van der Waals surface area contributed by atoms with Gasteiger partial charge in [-0.15, -0.1) is 0 Å². The highest BCUT2D eigenvalue weighted by molar-refractivity contribution is 5.43. The highest BCUT2D eigenvalue weighted by Gasteiger charge is 2.03. The summed E-state index contributed by atoms with van der Waals surface area (Å²) < 4.78 is 10.7. The first-order chi connectivity index (χ1) is 6.79. The molecule has 78 valence electrons. The van der Waals surface area contributed by atoms with Gasteiger partial charge in [-0.3, -0.25) is 0 Å². The summed E-state index contributed by atoms with van der Waals surface area (Å²) in [5, 5.41) is 0. The van der Waals surface area contributed by atoms with Crippen molar-refractivity contribution < 1.29 is 9.47 Å². The van der Waals surface area contributed by atoms with Crippen LogP contribution in [0.2, 0.25) is 0 Å². The molecule has 0 saturated heterocycles. The van der Waals surface area contributed by atoms with Crippen LogP contribution in [0.1, 0.15) is 12.0 Å². The van der Waals surface area contributed by atoms with Gasteiger partial charge in [-0.25, -0.2) is 0 Å². The van der Waals surface area contributed by atoms with Crippen molar-refractivity contribution in [2.45, 2.75) is 13.3 Å². The fourth-order valence-electron chi connectivity index (χ4n) is 1.24. The summed E-state index contributed by atoms with van der Waals surface area (Å²) in [6.07, 6.45) is 0.872. The molecule has 0 aliphatic heterocycles. The second-order valence-electron chi connectivity index (χ2n) is 3.07. The van der Waals surface area contributed by atoms with Crippen LogP contribution in [0.3, 0.4) is 0 Å². The minimum Gasteiger partial charge on any atom is -0.496 e. The molecule has 0 fully saturated rings. The second kappa shape index (κ2) is 5.50. The first-order valence-electron chi connectivity index (χ1n) is 4.76. The molecule has 0 saturated carbocycles. The molecule has 0 radical (unpaired) electrons. The highest BCUT2D eigenvalue weighted by atomic mass is 16.5. The van der Waals surface area contributed by atoms with Gasteiger partial charge in [0.1, 0.15) is 11.5 Å². The average Bonchev–Trinajstić information content (AvgIpc) is 2.21. The SMILES string of the molecule is COc1cccc(OCCCN)c1C. The van der Waals surface area contributed by atoms with E-state index in [1.165, 1.54) is 0 Å². The van der Waals surface area contributed by atoms with Gasteiger partial charge in [-0.2, -0.15) is 0 Å². The standard InChI is InChI=1S/C11H17NO2/c1-9-10(13-2)5-3-6-11(9)14-8-4-7-12/h3,5-6H,4,7-8,12H2,1-2H3. The van der Waals surface area contributed by atoms with Gasteiger partial charge >= 0.3 is 0 Å². The zero-order chi connectivity index (χ0) is 10.4. The second-order valence-corrected chi connectivity index (χ2v) is 3.07. The number of ether oxygens (including phenoxy) is 2. The third-order valence-electron chi connectivity index (χ3n) is 2.06. The van der Waals surface area contributed by atoms with Crippen molar-refractivity contribution >= 4 is 0 Å². The molecule has 0 unspecified atom stereocenters. The Morgan fingerprint density at radius 2 is 2.00 bits per heavy atom. The maximum atomic E-state index is 5.56. The van der Waals surface area contributed by atoms with Gasteiger partial charge in [0.05, 0.1) is 13.7 Å². The van der Waals surface area contributed by atoms with Crippen molar-refractivity contribution in [1.82, 2.24) is 0 Å². The van der Waals surface area contributed by atoms with E-state index in [1.807, 2.05) is 25.1 Å². The Morgan fingerprint density at radius 3 is 2.64 bits per heavy atom. The van der Waals surface area contributed by atoms with Gasteiger partial charge in [0.25, 0.3) is 0 Å². The molecule has 1 aromatic carbocycles. The molecule has 0 heterocycles. The van der Waals surface area contributed by atoms with Crippen LogP contribution in [0.4, 0.5) is 0 Å². The van der Waals surface area contributed by atoms with Crippen molar-refractivity contribution in [3.8, 4) is 11.5 Å². The molecule has 2 N–H and O–H groups in total. The van der Waals surface area contributed by atoms with Crippen LogP contribution in [-0.2, 0) is 0 Å². The van der Waals surface area contributed by atoms with Crippen LogP contribution in [-0.4, -0.2) is 20.3 Å². The first kappa shape index (κ1) is 10.9. The van der Waals surface area contributed by atoms with Gasteiger partial charge < -0.3 is 15.2 Å². The van der Waals surface area contributed by atoms with E-state index in [2.05, 4.69) is 0 Å². The van der Waals surface area contributed by atoms with Gasteiger partial charge in [-0.1, -0.05) is 6.07 Å². The molecule has 0 aliphatic carbocycles. The first-order valence-corrected chi connectivity index (χ1v) is 4.76. The number of hydrogen-bond donors (Lipinski definition) is 1. The number of methoxy groups -OCH3 is 1. The summed E-state index contributed by atoms with van der Waals surface area (Å²) in [6, 6.07) is 5.78.